The first-order chi connectivity index (χ1) is 11.0. The van der Waals surface area contributed by atoms with E-state index in [1.807, 2.05) is 12.1 Å². The number of benzene rings is 2. The maximum absolute atomic E-state index is 11.9. The van der Waals surface area contributed by atoms with Gasteiger partial charge in [0.15, 0.2) is 0 Å². The number of phenols is 1. The van der Waals surface area contributed by atoms with E-state index in [-0.39, 0.29) is 28.3 Å². The zero-order valence-electron chi connectivity index (χ0n) is 11.8. The highest BCUT2D eigenvalue weighted by atomic mass is 16.3. The quantitative estimate of drug-likeness (QED) is 0.635. The van der Waals surface area contributed by atoms with Crippen LogP contribution in [0.5, 0.6) is 5.75 Å². The molecule has 3 rings (SSSR count). The second-order valence-corrected chi connectivity index (χ2v) is 4.96. The van der Waals surface area contributed by atoms with Crippen molar-refractivity contribution in [1.82, 2.24) is 4.98 Å². The molecule has 1 heterocycles. The van der Waals surface area contributed by atoms with E-state index in [9.17, 15) is 20.4 Å². The number of nitrogens with one attached hydrogen (secondary N) is 1. The number of hydrogen-bond acceptors (Lipinski definition) is 5. The molecule has 1 aromatic heterocycles. The fourth-order valence-corrected chi connectivity index (χ4v) is 2.52. The lowest BCUT2D eigenvalue weighted by Crippen LogP contribution is -2.16. The van der Waals surface area contributed by atoms with Crippen LogP contribution in [0, 0.1) is 22.7 Å². The first-order valence-corrected chi connectivity index (χ1v) is 6.64. The lowest BCUT2D eigenvalue weighted by molar-refractivity contribution is 0.476. The van der Waals surface area contributed by atoms with Gasteiger partial charge in [0.05, 0.1) is 0 Å². The Bertz CT molecular complexity index is 1080. The highest BCUT2D eigenvalue weighted by molar-refractivity contribution is 5.91. The molecule has 2 aromatic carbocycles. The maximum atomic E-state index is 11.9. The summed E-state index contributed by atoms with van der Waals surface area (Å²) in [5, 5.41) is 29.7. The lowest BCUT2D eigenvalue weighted by Gasteiger charge is -2.10. The van der Waals surface area contributed by atoms with Gasteiger partial charge >= 0.3 is 0 Å². The van der Waals surface area contributed by atoms with Gasteiger partial charge in [0, 0.05) is 5.56 Å². The number of H-pyrrole nitrogens is 1. The fraction of sp³-hybridized carbons (Fsp3) is 0. The second kappa shape index (κ2) is 5.21. The van der Waals surface area contributed by atoms with Gasteiger partial charge in [-0.1, -0.05) is 18.2 Å². The van der Waals surface area contributed by atoms with E-state index in [2.05, 4.69) is 4.98 Å². The van der Waals surface area contributed by atoms with Crippen LogP contribution in [0.25, 0.3) is 21.9 Å². The van der Waals surface area contributed by atoms with Crippen LogP contribution >= 0.6 is 0 Å². The normalized spacial score (nSPS) is 10.2. The van der Waals surface area contributed by atoms with Gasteiger partial charge in [0.25, 0.3) is 5.56 Å². The van der Waals surface area contributed by atoms with Crippen molar-refractivity contribution >= 4 is 16.6 Å². The summed E-state index contributed by atoms with van der Waals surface area (Å²) in [6.07, 6.45) is 0. The Morgan fingerprint density at radius 1 is 1.00 bits per heavy atom. The summed E-state index contributed by atoms with van der Waals surface area (Å²) in [5.41, 5.74) is 5.72. The molecule has 4 N–H and O–H groups in total. The lowest BCUT2D eigenvalue weighted by atomic mass is 9.94. The molecule has 23 heavy (non-hydrogen) atoms. The largest absolute Gasteiger partial charge is 0.508 e. The molecule has 0 aliphatic rings. The zero-order chi connectivity index (χ0) is 16.6. The Kier molecular flexibility index (Phi) is 3.21. The summed E-state index contributed by atoms with van der Waals surface area (Å²) in [6, 6.07) is 13.8. The van der Waals surface area contributed by atoms with Crippen molar-refractivity contribution in [3.63, 3.8) is 0 Å². The molecular formula is C17H10N4O2. The summed E-state index contributed by atoms with van der Waals surface area (Å²) in [6.45, 7) is 0. The van der Waals surface area contributed by atoms with Gasteiger partial charge in [-0.2, -0.15) is 10.5 Å². The third kappa shape index (κ3) is 2.25. The molecule has 0 atom stereocenters. The van der Waals surface area contributed by atoms with E-state index in [0.29, 0.717) is 5.56 Å². The number of nitrogens with zero attached hydrogens (tertiary/aromatic N) is 2. The van der Waals surface area contributed by atoms with Crippen molar-refractivity contribution in [2.45, 2.75) is 0 Å². The smallest absolute Gasteiger partial charge is 0.268 e. The van der Waals surface area contributed by atoms with Gasteiger partial charge in [-0.25, -0.2) is 0 Å². The van der Waals surface area contributed by atoms with Crippen LogP contribution in [-0.2, 0) is 0 Å². The number of nitriles is 2. The predicted molar refractivity (Wildman–Crippen MR) is 85.5 cm³/mol. The highest BCUT2D eigenvalue weighted by Gasteiger charge is 2.18. The maximum Gasteiger partial charge on any atom is 0.268 e. The minimum Gasteiger partial charge on any atom is -0.508 e. The molecule has 0 amide bonds. The van der Waals surface area contributed by atoms with Gasteiger partial charge in [0.1, 0.15) is 34.8 Å². The van der Waals surface area contributed by atoms with Crippen molar-refractivity contribution < 1.29 is 5.11 Å². The molecule has 6 nitrogen and oxygen atoms in total. The number of aromatic nitrogens is 1. The molecule has 0 fully saturated rings. The standard InChI is InChI=1S/C17H10N4O2/c18-7-13-15(14(8-19)17(23)21-16(13)20)11-2-1-10-6-12(22)4-3-9(10)5-11/h1-6,22H,(H3,20,21,23). The number of fused-ring (bicyclic) bond motifs is 1. The molecule has 0 aliphatic heterocycles. The summed E-state index contributed by atoms with van der Waals surface area (Å²) in [5.74, 6) is 0.0679. The molecule has 0 spiro atoms. The fourth-order valence-electron chi connectivity index (χ4n) is 2.52. The average molecular weight is 302 g/mol. The van der Waals surface area contributed by atoms with Gasteiger partial charge in [0.2, 0.25) is 0 Å². The number of nitrogens with two attached hydrogens (primary N) is 1. The topological polar surface area (TPSA) is 127 Å². The van der Waals surface area contributed by atoms with Crippen LogP contribution < -0.4 is 11.3 Å². The molecule has 0 radical (unpaired) electrons. The average Bonchev–Trinajstić information content (AvgIpc) is 2.53. The molecule has 3 aromatic rings. The predicted octanol–water partition coefficient (Wildman–Crippen LogP) is 2.23. The minimum atomic E-state index is -0.634. The number of nitrogen functional groups attached to an aromatic ring is 1. The van der Waals surface area contributed by atoms with Crippen LogP contribution in [0.2, 0.25) is 0 Å². The monoisotopic (exact) mass is 302 g/mol. The Labute approximate surface area is 130 Å². The summed E-state index contributed by atoms with van der Waals surface area (Å²) < 4.78 is 0. The summed E-state index contributed by atoms with van der Waals surface area (Å²) in [7, 11) is 0. The SMILES string of the molecule is N#Cc1c(N)[nH]c(=O)c(C#N)c1-c1ccc2cc(O)ccc2c1. The molecule has 0 unspecified atom stereocenters. The number of pyridine rings is 1. The van der Waals surface area contributed by atoms with E-state index in [1.165, 1.54) is 6.07 Å². The Morgan fingerprint density at radius 2 is 1.65 bits per heavy atom. The zero-order valence-corrected chi connectivity index (χ0v) is 11.8. The van der Waals surface area contributed by atoms with Gasteiger partial charge < -0.3 is 15.8 Å². The number of phenolic OH excluding ortho intramolecular Hbond substituents is 1. The van der Waals surface area contributed by atoms with Crippen LogP contribution in [0.15, 0.2) is 41.2 Å². The van der Waals surface area contributed by atoms with Crippen LogP contribution in [0.3, 0.4) is 0 Å². The van der Waals surface area contributed by atoms with E-state index in [4.69, 9.17) is 5.73 Å². The third-order valence-electron chi connectivity index (χ3n) is 3.58. The first-order valence-electron chi connectivity index (χ1n) is 6.64. The molecule has 0 saturated heterocycles. The van der Waals surface area contributed by atoms with Gasteiger partial charge in [-0.3, -0.25) is 4.79 Å². The molecule has 110 valence electrons. The number of aromatic amines is 1. The van der Waals surface area contributed by atoms with Crippen molar-refractivity contribution in [3.8, 4) is 29.0 Å². The molecule has 0 saturated carbocycles. The summed E-state index contributed by atoms with van der Waals surface area (Å²) in [4.78, 5) is 14.2. The number of anilines is 1. The van der Waals surface area contributed by atoms with Gasteiger partial charge in [-0.15, -0.1) is 0 Å². The van der Waals surface area contributed by atoms with E-state index < -0.39 is 5.56 Å². The Morgan fingerprint density at radius 3 is 2.35 bits per heavy atom. The Hall–Kier alpha value is -3.77. The minimum absolute atomic E-state index is 0.0549. The molecule has 6 heteroatoms. The van der Waals surface area contributed by atoms with Crippen LogP contribution in [-0.4, -0.2) is 10.1 Å². The highest BCUT2D eigenvalue weighted by Crippen LogP contribution is 2.31. The van der Waals surface area contributed by atoms with Crippen LogP contribution in [0.4, 0.5) is 5.82 Å². The third-order valence-corrected chi connectivity index (χ3v) is 3.58. The van der Waals surface area contributed by atoms with Gasteiger partial charge in [-0.05, 0) is 34.5 Å². The molecule has 0 bridgehead atoms. The second-order valence-electron chi connectivity index (χ2n) is 4.96. The van der Waals surface area contributed by atoms with Crippen molar-refractivity contribution in [1.29, 1.82) is 10.5 Å². The number of rotatable bonds is 1. The number of aromatic hydroxyl groups is 1. The molecule has 0 aliphatic carbocycles. The van der Waals surface area contributed by atoms with Crippen molar-refractivity contribution in [3.05, 3.63) is 57.9 Å². The number of hydrogen-bond donors (Lipinski definition) is 3. The summed E-state index contributed by atoms with van der Waals surface area (Å²) >= 11 is 0. The van der Waals surface area contributed by atoms with E-state index in [1.54, 1.807) is 30.3 Å². The van der Waals surface area contributed by atoms with Crippen molar-refractivity contribution in [2.75, 3.05) is 5.73 Å². The van der Waals surface area contributed by atoms with Crippen molar-refractivity contribution in [2.24, 2.45) is 0 Å². The molecular weight excluding hydrogens is 292 g/mol. The van der Waals surface area contributed by atoms with E-state index >= 15 is 0 Å². The van der Waals surface area contributed by atoms with E-state index in [0.717, 1.165) is 10.8 Å². The first kappa shape index (κ1) is 14.2. The van der Waals surface area contributed by atoms with Crippen LogP contribution in [0.1, 0.15) is 11.1 Å². The Balaban J connectivity index is 2.39.